The lowest BCUT2D eigenvalue weighted by atomic mass is 9.80. The summed E-state index contributed by atoms with van der Waals surface area (Å²) in [5.74, 6) is 12.6. The standard InChI is InChI=1S/C16H20N4OS2/c17-19-16(21)20(18)14-8-2-7-13(11-4-1-5-11)15(14)23-10-12-6-3-9-22-12/h2-3,6-9,11H,1,4-5,10,17-18H2,(H,19,21). The number of nitrogens with one attached hydrogen (secondary N) is 1. The number of carbonyl (C=O) groups is 1. The number of thioether (sulfide) groups is 1. The number of benzene rings is 1. The molecule has 0 saturated heterocycles. The van der Waals surface area contributed by atoms with Crippen molar-refractivity contribution < 1.29 is 4.79 Å². The van der Waals surface area contributed by atoms with Gasteiger partial charge in [-0.25, -0.2) is 21.5 Å². The molecule has 0 aliphatic heterocycles. The third-order valence-corrected chi connectivity index (χ3v) is 6.36. The number of thiophene rings is 1. The highest BCUT2D eigenvalue weighted by molar-refractivity contribution is 7.98. The molecular weight excluding hydrogens is 328 g/mol. The van der Waals surface area contributed by atoms with Gasteiger partial charge in [-0.3, -0.25) is 5.43 Å². The molecule has 1 saturated carbocycles. The molecule has 2 amide bonds. The predicted molar refractivity (Wildman–Crippen MR) is 96.3 cm³/mol. The molecule has 1 aromatic heterocycles. The highest BCUT2D eigenvalue weighted by atomic mass is 32.2. The molecule has 7 heteroatoms. The molecule has 5 nitrogen and oxygen atoms in total. The molecule has 5 N–H and O–H groups in total. The van der Waals surface area contributed by atoms with Gasteiger partial charge in [0.05, 0.1) is 5.69 Å². The Morgan fingerprint density at radius 3 is 2.78 bits per heavy atom. The lowest BCUT2D eigenvalue weighted by molar-refractivity contribution is 0.246. The normalized spacial score (nSPS) is 14.3. The average molecular weight is 348 g/mol. The van der Waals surface area contributed by atoms with E-state index in [1.54, 1.807) is 23.1 Å². The molecule has 0 bridgehead atoms. The minimum absolute atomic E-state index is 0.520. The van der Waals surface area contributed by atoms with Crippen LogP contribution in [0.4, 0.5) is 10.5 Å². The second-order valence-electron chi connectivity index (χ2n) is 5.51. The van der Waals surface area contributed by atoms with E-state index in [0.29, 0.717) is 11.6 Å². The zero-order chi connectivity index (χ0) is 16.2. The van der Waals surface area contributed by atoms with E-state index >= 15 is 0 Å². The molecule has 2 aromatic rings. The van der Waals surface area contributed by atoms with Crippen LogP contribution in [0.5, 0.6) is 0 Å². The number of carbonyl (C=O) groups excluding carboxylic acids is 1. The maximum absolute atomic E-state index is 11.8. The van der Waals surface area contributed by atoms with Gasteiger partial charge in [-0.15, -0.1) is 23.1 Å². The summed E-state index contributed by atoms with van der Waals surface area (Å²) in [4.78, 5) is 14.2. The van der Waals surface area contributed by atoms with E-state index < -0.39 is 6.03 Å². The summed E-state index contributed by atoms with van der Waals surface area (Å²) in [6, 6.07) is 9.63. The fraction of sp³-hybridized carbons (Fsp3) is 0.312. The average Bonchev–Trinajstić information content (AvgIpc) is 3.03. The van der Waals surface area contributed by atoms with Gasteiger partial charge in [-0.1, -0.05) is 24.6 Å². The summed E-state index contributed by atoms with van der Waals surface area (Å²) in [5.41, 5.74) is 4.09. The summed E-state index contributed by atoms with van der Waals surface area (Å²) >= 11 is 3.47. The molecule has 122 valence electrons. The summed E-state index contributed by atoms with van der Waals surface area (Å²) < 4.78 is 0. The number of hydrogen-bond donors (Lipinski definition) is 3. The minimum atomic E-state index is -0.520. The Bertz CT molecular complexity index is 671. The third kappa shape index (κ3) is 3.53. The highest BCUT2D eigenvalue weighted by Gasteiger charge is 2.26. The molecule has 1 aliphatic carbocycles. The van der Waals surface area contributed by atoms with Crippen molar-refractivity contribution in [1.29, 1.82) is 0 Å². The molecule has 1 heterocycles. The zero-order valence-electron chi connectivity index (χ0n) is 12.7. The summed E-state index contributed by atoms with van der Waals surface area (Å²) in [6.07, 6.45) is 3.66. The van der Waals surface area contributed by atoms with E-state index in [-0.39, 0.29) is 0 Å². The van der Waals surface area contributed by atoms with E-state index in [1.807, 2.05) is 12.1 Å². The van der Waals surface area contributed by atoms with Crippen LogP contribution >= 0.6 is 23.1 Å². The topological polar surface area (TPSA) is 84.4 Å². The number of nitrogens with zero attached hydrogens (tertiary/aromatic N) is 1. The fourth-order valence-corrected chi connectivity index (χ4v) is 4.68. The van der Waals surface area contributed by atoms with Gasteiger partial charge in [0.25, 0.3) is 0 Å². The third-order valence-electron chi connectivity index (χ3n) is 4.11. The van der Waals surface area contributed by atoms with Crippen molar-refractivity contribution in [3.8, 4) is 0 Å². The molecule has 3 rings (SSSR count). The first kappa shape index (κ1) is 16.3. The Hall–Kier alpha value is -1.54. The highest BCUT2D eigenvalue weighted by Crippen LogP contribution is 2.45. The van der Waals surface area contributed by atoms with Crippen molar-refractivity contribution >= 4 is 34.8 Å². The number of hydrazine groups is 2. The van der Waals surface area contributed by atoms with Gasteiger partial charge >= 0.3 is 6.03 Å². The van der Waals surface area contributed by atoms with Gasteiger partial charge in [0, 0.05) is 15.5 Å². The molecule has 1 aliphatic rings. The number of nitrogens with two attached hydrogens (primary N) is 2. The van der Waals surface area contributed by atoms with Gasteiger partial charge < -0.3 is 0 Å². The fourth-order valence-electron chi connectivity index (χ4n) is 2.65. The van der Waals surface area contributed by atoms with Crippen molar-refractivity contribution in [2.75, 3.05) is 5.01 Å². The lowest BCUT2D eigenvalue weighted by Gasteiger charge is -2.30. The van der Waals surface area contributed by atoms with E-state index in [1.165, 1.54) is 29.7 Å². The Morgan fingerprint density at radius 1 is 1.35 bits per heavy atom. The molecule has 0 spiro atoms. The number of urea groups is 1. The Kier molecular flexibility index (Phi) is 5.22. The maximum Gasteiger partial charge on any atom is 0.350 e. The number of anilines is 1. The van der Waals surface area contributed by atoms with Crippen LogP contribution in [0.1, 0.15) is 35.6 Å². The smallest absolute Gasteiger partial charge is 0.274 e. The molecule has 1 fully saturated rings. The quantitative estimate of drug-likeness (QED) is 0.334. The van der Waals surface area contributed by atoms with Crippen molar-refractivity contribution in [2.24, 2.45) is 11.7 Å². The van der Waals surface area contributed by atoms with E-state index in [4.69, 9.17) is 11.7 Å². The van der Waals surface area contributed by atoms with Gasteiger partial charge in [0.2, 0.25) is 0 Å². The molecule has 0 unspecified atom stereocenters. The number of amides is 2. The monoisotopic (exact) mass is 348 g/mol. The van der Waals surface area contributed by atoms with Crippen molar-refractivity contribution in [2.45, 2.75) is 35.8 Å². The van der Waals surface area contributed by atoms with Gasteiger partial charge in [0.1, 0.15) is 0 Å². The Balaban J connectivity index is 1.92. The first-order valence-corrected chi connectivity index (χ1v) is 9.40. The van der Waals surface area contributed by atoms with Crippen LogP contribution in [0.25, 0.3) is 0 Å². The molecule has 1 aromatic carbocycles. The second kappa shape index (κ2) is 7.35. The first-order chi connectivity index (χ1) is 11.2. The summed E-state index contributed by atoms with van der Waals surface area (Å²) in [6.45, 7) is 0. The van der Waals surface area contributed by atoms with Crippen molar-refractivity contribution in [3.05, 3.63) is 46.2 Å². The lowest BCUT2D eigenvalue weighted by Crippen LogP contribution is -2.47. The van der Waals surface area contributed by atoms with E-state index in [9.17, 15) is 4.79 Å². The largest absolute Gasteiger partial charge is 0.350 e. The van der Waals surface area contributed by atoms with Crippen LogP contribution in [0.3, 0.4) is 0 Å². The van der Waals surface area contributed by atoms with Crippen molar-refractivity contribution in [1.82, 2.24) is 5.43 Å². The zero-order valence-corrected chi connectivity index (χ0v) is 14.3. The number of rotatable bonds is 5. The van der Waals surface area contributed by atoms with Crippen LogP contribution in [0.2, 0.25) is 0 Å². The molecule has 0 atom stereocenters. The van der Waals surface area contributed by atoms with E-state index in [0.717, 1.165) is 15.7 Å². The summed E-state index contributed by atoms with van der Waals surface area (Å²) in [5, 5.41) is 3.17. The molecule has 0 radical (unpaired) electrons. The van der Waals surface area contributed by atoms with Crippen LogP contribution in [-0.2, 0) is 5.75 Å². The number of hydrogen-bond acceptors (Lipinski definition) is 5. The SMILES string of the molecule is NNC(=O)N(N)c1cccc(C2CCC2)c1SCc1cccs1. The summed E-state index contributed by atoms with van der Waals surface area (Å²) in [7, 11) is 0. The second-order valence-corrected chi connectivity index (χ2v) is 7.53. The molecular formula is C16H20N4OS2. The predicted octanol–water partition coefficient (Wildman–Crippen LogP) is 3.57. The van der Waals surface area contributed by atoms with Crippen LogP contribution in [-0.4, -0.2) is 6.03 Å². The van der Waals surface area contributed by atoms with Gasteiger partial charge in [-0.05, 0) is 41.8 Å². The van der Waals surface area contributed by atoms with Gasteiger partial charge in [-0.2, -0.15) is 0 Å². The van der Waals surface area contributed by atoms with Crippen LogP contribution in [0.15, 0.2) is 40.6 Å². The van der Waals surface area contributed by atoms with Crippen LogP contribution in [0, 0.1) is 0 Å². The van der Waals surface area contributed by atoms with Crippen LogP contribution < -0.4 is 22.1 Å². The maximum atomic E-state index is 11.8. The van der Waals surface area contributed by atoms with Gasteiger partial charge in [0.15, 0.2) is 0 Å². The minimum Gasteiger partial charge on any atom is -0.274 e. The Labute approximate surface area is 144 Å². The van der Waals surface area contributed by atoms with Crippen molar-refractivity contribution in [3.63, 3.8) is 0 Å². The Morgan fingerprint density at radius 2 is 2.17 bits per heavy atom. The first-order valence-electron chi connectivity index (χ1n) is 7.54. The van der Waals surface area contributed by atoms with E-state index in [2.05, 4.69) is 29.0 Å². The molecule has 23 heavy (non-hydrogen) atoms.